The van der Waals surface area contributed by atoms with E-state index in [1.54, 1.807) is 12.1 Å². The van der Waals surface area contributed by atoms with Crippen LogP contribution in [0.1, 0.15) is 115 Å². The van der Waals surface area contributed by atoms with Gasteiger partial charge in [0.15, 0.2) is 5.82 Å². The molecule has 0 aromatic carbocycles. The van der Waals surface area contributed by atoms with Crippen molar-refractivity contribution in [2.75, 3.05) is 39.3 Å². The molecule has 0 amide bonds. The van der Waals surface area contributed by atoms with Crippen molar-refractivity contribution in [1.82, 2.24) is 19.6 Å². The molecule has 312 valence electrons. The first-order valence-electron chi connectivity index (χ1n) is 20.0. The largest absolute Gasteiger partial charge is 0.495 e. The number of hydrogen-bond acceptors (Lipinski definition) is 14. The number of pyridine rings is 1. The van der Waals surface area contributed by atoms with Crippen molar-refractivity contribution in [3.63, 3.8) is 0 Å². The number of unbranched alkanes of at least 4 members (excludes halogenated alkanes) is 15. The van der Waals surface area contributed by atoms with Crippen molar-refractivity contribution in [3.05, 3.63) is 42.5 Å². The Morgan fingerprint density at radius 3 is 2.16 bits per heavy atom. The van der Waals surface area contributed by atoms with Crippen LogP contribution in [0, 0.1) is 11.3 Å². The molecular formula is C39H61N6O10P. The summed E-state index contributed by atoms with van der Waals surface area (Å²) in [6, 6.07) is 8.17. The van der Waals surface area contributed by atoms with Crippen LogP contribution < -0.4 is 15.2 Å². The van der Waals surface area contributed by atoms with Gasteiger partial charge in [-0.25, -0.2) is 19.0 Å². The molecule has 3 aromatic heterocycles. The quantitative estimate of drug-likeness (QED) is 0.0439. The Bertz CT molecular complexity index is 1660. The third-order valence-electron chi connectivity index (χ3n) is 9.99. The molecule has 1 aliphatic heterocycles. The highest BCUT2D eigenvalue weighted by Gasteiger charge is 2.58. The molecule has 16 nitrogen and oxygen atoms in total. The summed E-state index contributed by atoms with van der Waals surface area (Å²) in [5.74, 6) is 0.886. The number of fused-ring (bicyclic) bond motifs is 1. The lowest BCUT2D eigenvalue weighted by Crippen LogP contribution is -2.41. The number of anilines is 1. The van der Waals surface area contributed by atoms with Crippen molar-refractivity contribution in [2.45, 2.75) is 140 Å². The molecule has 56 heavy (non-hydrogen) atoms. The lowest BCUT2D eigenvalue weighted by atomic mass is 9.92. The molecule has 0 saturated carbocycles. The predicted octanol–water partition coefficient (Wildman–Crippen LogP) is 6.41. The second kappa shape index (κ2) is 23.7. The number of nitrogens with zero attached hydrogens (tertiary/aromatic N) is 5. The number of aromatic nitrogens is 4. The van der Waals surface area contributed by atoms with E-state index in [0.717, 1.165) is 19.3 Å². The van der Waals surface area contributed by atoms with Gasteiger partial charge in [0.2, 0.25) is 11.5 Å². The minimum atomic E-state index is -4.77. The molecule has 5 N–H and O–H groups in total. The number of rotatable bonds is 29. The van der Waals surface area contributed by atoms with Gasteiger partial charge in [0, 0.05) is 12.7 Å². The number of aliphatic hydroxyl groups is 2. The fraction of sp³-hybridized carbons (Fsp3) is 0.692. The summed E-state index contributed by atoms with van der Waals surface area (Å²) < 4.78 is 47.5. The third kappa shape index (κ3) is 13.6. The standard InChI is InChI=1S/C39H61N6O10P/c1-3-4-5-6-7-8-9-10-11-12-13-14-15-16-17-18-23-51-25-31(54-35-22-19-30(50-2)24-42-35)26-52-56(48,49)53-27-33-36(46)37(47)39(28-40,55-33)34-21-20-32-38(41)43-29-44-45(32)34/h19-22,24,29,31,33,36-37,46-47H,3-18,23,25-27H2,1-2H3,(H,48,49)(H2,41,43,44)/t31-,33-,36-,37-,39+/m1/s1. The number of nitrogen functional groups attached to an aromatic ring is 1. The van der Waals surface area contributed by atoms with E-state index in [-0.39, 0.29) is 24.0 Å². The van der Waals surface area contributed by atoms with E-state index in [4.69, 9.17) is 33.7 Å². The minimum absolute atomic E-state index is 0.0487. The van der Waals surface area contributed by atoms with Crippen LogP contribution in [0.4, 0.5) is 5.82 Å². The zero-order valence-corrected chi connectivity index (χ0v) is 33.8. The summed E-state index contributed by atoms with van der Waals surface area (Å²) in [5.41, 5.74) is 4.23. The van der Waals surface area contributed by atoms with Gasteiger partial charge in [0.05, 0.1) is 38.8 Å². The van der Waals surface area contributed by atoms with E-state index in [2.05, 4.69) is 22.0 Å². The van der Waals surface area contributed by atoms with Gasteiger partial charge in [-0.05, 0) is 24.6 Å². The smallest absolute Gasteiger partial charge is 0.472 e. The second-order valence-corrected chi connectivity index (χ2v) is 15.8. The van der Waals surface area contributed by atoms with Gasteiger partial charge in [-0.15, -0.1) is 0 Å². The highest BCUT2D eigenvalue weighted by molar-refractivity contribution is 7.47. The Kier molecular flexibility index (Phi) is 19.2. The Morgan fingerprint density at radius 2 is 1.57 bits per heavy atom. The molecule has 1 aliphatic rings. The molecule has 1 unspecified atom stereocenters. The molecule has 6 atom stereocenters. The van der Waals surface area contributed by atoms with Crippen molar-refractivity contribution >= 4 is 19.2 Å². The van der Waals surface area contributed by atoms with E-state index in [1.165, 1.54) is 120 Å². The molecule has 4 rings (SSSR count). The Hall–Kier alpha value is -3.39. The number of hydrogen-bond donors (Lipinski definition) is 4. The second-order valence-electron chi connectivity index (χ2n) is 14.3. The Morgan fingerprint density at radius 1 is 0.929 bits per heavy atom. The van der Waals surface area contributed by atoms with E-state index in [0.29, 0.717) is 17.9 Å². The van der Waals surface area contributed by atoms with Crippen molar-refractivity contribution in [3.8, 4) is 17.7 Å². The SMILES string of the molecule is CCCCCCCCCCCCCCCCCCOC[C@H](COP(=O)(O)OC[C@H]1O[C@@](C#N)(c2ccc3c(N)ncnn23)[C@H](O)[C@@H]1O)Oc1ccc(OC)cn1. The number of phosphoric ester groups is 1. The molecule has 0 aliphatic carbocycles. The maximum Gasteiger partial charge on any atom is 0.472 e. The maximum absolute atomic E-state index is 13.0. The highest BCUT2D eigenvalue weighted by atomic mass is 31.2. The molecule has 4 heterocycles. The van der Waals surface area contributed by atoms with Crippen LogP contribution in [0.25, 0.3) is 5.52 Å². The molecule has 3 aromatic rings. The van der Waals surface area contributed by atoms with Gasteiger partial charge in [-0.3, -0.25) is 9.05 Å². The van der Waals surface area contributed by atoms with Crippen LogP contribution in [-0.2, 0) is 28.7 Å². The normalized spacial score (nSPS) is 21.2. The topological polar surface area (TPSA) is 226 Å². The summed E-state index contributed by atoms with van der Waals surface area (Å²) in [6.45, 7) is 1.69. The Balaban J connectivity index is 1.18. The maximum atomic E-state index is 13.0. The third-order valence-corrected chi connectivity index (χ3v) is 10.9. The van der Waals surface area contributed by atoms with Crippen molar-refractivity contribution in [2.24, 2.45) is 0 Å². The summed E-state index contributed by atoms with van der Waals surface area (Å²) in [5, 5.41) is 36.0. The van der Waals surface area contributed by atoms with Crippen LogP contribution in [-0.4, -0.2) is 92.6 Å². The molecule has 0 radical (unpaired) electrons. The monoisotopic (exact) mass is 804 g/mol. The number of aliphatic hydroxyl groups excluding tert-OH is 2. The molecule has 1 fully saturated rings. The predicted molar refractivity (Wildman–Crippen MR) is 209 cm³/mol. The number of methoxy groups -OCH3 is 1. The average molecular weight is 805 g/mol. The van der Waals surface area contributed by atoms with Crippen molar-refractivity contribution < 1.29 is 47.7 Å². The van der Waals surface area contributed by atoms with Gasteiger partial charge in [-0.1, -0.05) is 103 Å². The summed E-state index contributed by atoms with van der Waals surface area (Å²) in [4.78, 5) is 18.7. The first kappa shape index (κ1) is 45.3. The summed E-state index contributed by atoms with van der Waals surface area (Å²) >= 11 is 0. The van der Waals surface area contributed by atoms with Gasteiger partial charge < -0.3 is 39.8 Å². The van der Waals surface area contributed by atoms with E-state index in [9.17, 15) is 24.9 Å². The summed E-state index contributed by atoms with van der Waals surface area (Å²) in [7, 11) is -3.25. The number of ether oxygens (including phenoxy) is 4. The minimum Gasteiger partial charge on any atom is -0.495 e. The first-order valence-corrected chi connectivity index (χ1v) is 21.5. The van der Waals surface area contributed by atoms with Crippen molar-refractivity contribution in [1.29, 1.82) is 5.26 Å². The number of nitrogens with two attached hydrogens (primary N) is 1. The molecular weight excluding hydrogens is 743 g/mol. The van der Waals surface area contributed by atoms with Crippen LogP contribution >= 0.6 is 7.82 Å². The lowest BCUT2D eigenvalue weighted by molar-refractivity contribution is -0.0652. The zero-order valence-electron chi connectivity index (χ0n) is 32.9. The Labute approximate surface area is 330 Å². The van der Waals surface area contributed by atoms with Crippen LogP contribution in [0.2, 0.25) is 0 Å². The van der Waals surface area contributed by atoms with Gasteiger partial charge in [0.25, 0.3) is 0 Å². The first-order chi connectivity index (χ1) is 27.1. The van der Waals surface area contributed by atoms with Gasteiger partial charge >= 0.3 is 7.82 Å². The van der Waals surface area contributed by atoms with Crippen LogP contribution in [0.15, 0.2) is 36.8 Å². The van der Waals surface area contributed by atoms with E-state index >= 15 is 0 Å². The number of phosphoric acid groups is 1. The zero-order chi connectivity index (χ0) is 40.2. The number of nitriles is 1. The average Bonchev–Trinajstić information content (AvgIpc) is 3.75. The fourth-order valence-corrected chi connectivity index (χ4v) is 7.51. The van der Waals surface area contributed by atoms with E-state index in [1.807, 2.05) is 6.07 Å². The van der Waals surface area contributed by atoms with Gasteiger partial charge in [-0.2, -0.15) is 10.4 Å². The molecule has 0 spiro atoms. The molecule has 0 bridgehead atoms. The molecule has 17 heteroatoms. The summed E-state index contributed by atoms with van der Waals surface area (Å²) in [6.07, 6.45) is 17.4. The molecule has 1 saturated heterocycles. The van der Waals surface area contributed by atoms with Crippen LogP contribution in [0.3, 0.4) is 0 Å². The fourth-order valence-electron chi connectivity index (χ4n) is 6.74. The van der Waals surface area contributed by atoms with Crippen LogP contribution in [0.5, 0.6) is 11.6 Å². The van der Waals surface area contributed by atoms with Gasteiger partial charge in [0.1, 0.15) is 48.1 Å². The van der Waals surface area contributed by atoms with E-state index < -0.39 is 51.1 Å². The highest BCUT2D eigenvalue weighted by Crippen LogP contribution is 2.46. The lowest BCUT2D eigenvalue weighted by Gasteiger charge is -2.24.